The van der Waals surface area contributed by atoms with Crippen molar-refractivity contribution in [3.05, 3.63) is 51.0 Å². The fraction of sp³-hybridized carbons (Fsp3) is 0.118. The number of aromatic hydroxyl groups is 1. The van der Waals surface area contributed by atoms with Gasteiger partial charge in [-0.05, 0) is 36.8 Å². The largest absolute Gasteiger partial charge is 0.503 e. The SMILES string of the molecule is CCOc1cc(/C=N\NC(=O)C(=O)Nc2cccc(Cl)c2Cl)cc(Cl)c1O. The van der Waals surface area contributed by atoms with Gasteiger partial charge in [0.1, 0.15) is 0 Å². The zero-order valence-corrected chi connectivity index (χ0v) is 16.2. The molecule has 0 bridgehead atoms. The first-order valence-electron chi connectivity index (χ1n) is 7.57. The minimum atomic E-state index is -1.02. The highest BCUT2D eigenvalue weighted by atomic mass is 35.5. The molecular weight excluding hydrogens is 417 g/mol. The molecule has 0 radical (unpaired) electrons. The normalized spacial score (nSPS) is 10.7. The number of carbonyl (C=O) groups excluding carboxylic acids is 2. The lowest BCUT2D eigenvalue weighted by molar-refractivity contribution is -0.136. The van der Waals surface area contributed by atoms with Crippen LogP contribution >= 0.6 is 34.8 Å². The molecule has 2 aromatic rings. The first-order chi connectivity index (χ1) is 12.8. The van der Waals surface area contributed by atoms with Crippen LogP contribution in [-0.4, -0.2) is 29.7 Å². The van der Waals surface area contributed by atoms with Crippen LogP contribution in [0.4, 0.5) is 5.69 Å². The number of ether oxygens (including phenoxy) is 1. The highest BCUT2D eigenvalue weighted by Gasteiger charge is 2.15. The zero-order valence-electron chi connectivity index (χ0n) is 13.9. The summed E-state index contributed by atoms with van der Waals surface area (Å²) in [7, 11) is 0. The molecule has 0 heterocycles. The van der Waals surface area contributed by atoms with Gasteiger partial charge in [0.05, 0.1) is 33.6 Å². The van der Waals surface area contributed by atoms with E-state index in [9.17, 15) is 14.7 Å². The van der Waals surface area contributed by atoms with Crippen LogP contribution in [0.3, 0.4) is 0 Å². The maximum absolute atomic E-state index is 11.9. The van der Waals surface area contributed by atoms with Gasteiger partial charge in [-0.2, -0.15) is 5.10 Å². The molecule has 27 heavy (non-hydrogen) atoms. The van der Waals surface area contributed by atoms with Crippen molar-refractivity contribution in [3.8, 4) is 11.5 Å². The smallest absolute Gasteiger partial charge is 0.329 e. The zero-order chi connectivity index (χ0) is 20.0. The molecule has 0 atom stereocenters. The van der Waals surface area contributed by atoms with E-state index in [0.717, 1.165) is 0 Å². The van der Waals surface area contributed by atoms with Crippen LogP contribution in [0, 0.1) is 0 Å². The third-order valence-electron chi connectivity index (χ3n) is 3.14. The van der Waals surface area contributed by atoms with Crippen LogP contribution in [0.5, 0.6) is 11.5 Å². The Hall–Kier alpha value is -2.48. The highest BCUT2D eigenvalue weighted by molar-refractivity contribution is 6.45. The summed E-state index contributed by atoms with van der Waals surface area (Å²) < 4.78 is 5.24. The molecule has 0 aliphatic rings. The molecule has 2 rings (SSSR count). The molecule has 7 nitrogen and oxygen atoms in total. The number of hydrazone groups is 1. The predicted molar refractivity (Wildman–Crippen MR) is 105 cm³/mol. The third-order valence-corrected chi connectivity index (χ3v) is 4.24. The number of anilines is 1. The fourth-order valence-electron chi connectivity index (χ4n) is 1.93. The fourth-order valence-corrected chi connectivity index (χ4v) is 2.50. The van der Waals surface area contributed by atoms with Gasteiger partial charge in [-0.1, -0.05) is 40.9 Å². The number of benzene rings is 2. The van der Waals surface area contributed by atoms with E-state index < -0.39 is 11.8 Å². The Labute approximate surface area is 169 Å². The lowest BCUT2D eigenvalue weighted by Crippen LogP contribution is -2.32. The van der Waals surface area contributed by atoms with E-state index in [-0.39, 0.29) is 32.3 Å². The summed E-state index contributed by atoms with van der Waals surface area (Å²) in [6.45, 7) is 2.08. The van der Waals surface area contributed by atoms with E-state index in [0.29, 0.717) is 12.2 Å². The Morgan fingerprint density at radius 1 is 1.19 bits per heavy atom. The van der Waals surface area contributed by atoms with E-state index in [2.05, 4.69) is 15.8 Å². The standard InChI is InChI=1S/C17H14Cl3N3O4/c1-2-27-13-7-9(6-11(19)15(13)24)8-21-23-17(26)16(25)22-12-5-3-4-10(18)14(12)20/h3-8,24H,2H2,1H3,(H,22,25)(H,23,26)/b21-8-. The van der Waals surface area contributed by atoms with Gasteiger partial charge >= 0.3 is 11.8 Å². The minimum absolute atomic E-state index is 0.0575. The van der Waals surface area contributed by atoms with Crippen LogP contribution in [0.15, 0.2) is 35.4 Å². The highest BCUT2D eigenvalue weighted by Crippen LogP contribution is 2.34. The summed E-state index contributed by atoms with van der Waals surface area (Å²) in [6, 6.07) is 7.51. The molecule has 2 amide bonds. The molecule has 0 aliphatic carbocycles. The molecule has 3 N–H and O–H groups in total. The summed E-state index contributed by atoms with van der Waals surface area (Å²) in [5, 5.41) is 16.2. The maximum atomic E-state index is 11.9. The Bertz CT molecular complexity index is 903. The number of rotatable bonds is 5. The van der Waals surface area contributed by atoms with E-state index >= 15 is 0 Å². The number of hydrogen-bond donors (Lipinski definition) is 3. The average Bonchev–Trinajstić information content (AvgIpc) is 2.63. The van der Waals surface area contributed by atoms with Crippen LogP contribution in [0.1, 0.15) is 12.5 Å². The molecule has 0 spiro atoms. The van der Waals surface area contributed by atoms with Gasteiger partial charge in [0.15, 0.2) is 11.5 Å². The van der Waals surface area contributed by atoms with E-state index in [4.69, 9.17) is 39.5 Å². The number of nitrogens with zero attached hydrogens (tertiary/aromatic N) is 1. The second kappa shape index (κ2) is 9.45. The monoisotopic (exact) mass is 429 g/mol. The van der Waals surface area contributed by atoms with Gasteiger partial charge in [0.2, 0.25) is 0 Å². The van der Waals surface area contributed by atoms with Crippen molar-refractivity contribution in [1.29, 1.82) is 0 Å². The van der Waals surface area contributed by atoms with E-state index in [1.165, 1.54) is 24.4 Å². The summed E-state index contributed by atoms with van der Waals surface area (Å²) >= 11 is 17.7. The summed E-state index contributed by atoms with van der Waals surface area (Å²) in [5.41, 5.74) is 2.71. The Morgan fingerprint density at radius 3 is 2.63 bits per heavy atom. The first-order valence-corrected chi connectivity index (χ1v) is 8.70. The van der Waals surface area contributed by atoms with Gasteiger partial charge < -0.3 is 15.2 Å². The molecule has 0 aliphatic heterocycles. The molecule has 142 valence electrons. The van der Waals surface area contributed by atoms with Crippen molar-refractivity contribution in [2.75, 3.05) is 11.9 Å². The molecule has 0 saturated carbocycles. The Balaban J connectivity index is 2.02. The topological polar surface area (TPSA) is 100 Å². The molecule has 0 fully saturated rings. The van der Waals surface area contributed by atoms with Crippen molar-refractivity contribution in [2.45, 2.75) is 6.92 Å². The maximum Gasteiger partial charge on any atom is 0.329 e. The number of phenols is 1. The number of halogens is 3. The third kappa shape index (κ3) is 5.50. The van der Waals surface area contributed by atoms with Gasteiger partial charge in [0, 0.05) is 0 Å². The Morgan fingerprint density at radius 2 is 1.93 bits per heavy atom. The van der Waals surface area contributed by atoms with Crippen LogP contribution in [-0.2, 0) is 9.59 Å². The van der Waals surface area contributed by atoms with Gasteiger partial charge in [-0.25, -0.2) is 5.43 Å². The molecule has 0 unspecified atom stereocenters. The van der Waals surface area contributed by atoms with Crippen LogP contribution in [0.25, 0.3) is 0 Å². The van der Waals surface area contributed by atoms with Crippen LogP contribution < -0.4 is 15.5 Å². The number of carbonyl (C=O) groups is 2. The molecule has 2 aromatic carbocycles. The lowest BCUT2D eigenvalue weighted by Gasteiger charge is -2.08. The van der Waals surface area contributed by atoms with E-state index in [1.807, 2.05) is 0 Å². The number of amides is 2. The van der Waals surface area contributed by atoms with E-state index in [1.54, 1.807) is 19.1 Å². The van der Waals surface area contributed by atoms with Crippen molar-refractivity contribution in [1.82, 2.24) is 5.43 Å². The van der Waals surface area contributed by atoms with Crippen molar-refractivity contribution in [3.63, 3.8) is 0 Å². The molecule has 0 saturated heterocycles. The summed E-state index contributed by atoms with van der Waals surface area (Å²) in [6.07, 6.45) is 1.24. The number of hydrogen-bond acceptors (Lipinski definition) is 5. The predicted octanol–water partition coefficient (Wildman–Crippen LogP) is 3.84. The summed E-state index contributed by atoms with van der Waals surface area (Å²) in [5.74, 6) is -2.02. The van der Waals surface area contributed by atoms with Gasteiger partial charge in [-0.3, -0.25) is 9.59 Å². The minimum Gasteiger partial charge on any atom is -0.503 e. The molecule has 10 heteroatoms. The second-order valence-electron chi connectivity index (χ2n) is 5.04. The molecule has 0 aromatic heterocycles. The number of phenolic OH excluding ortho intramolecular Hbond substituents is 1. The van der Waals surface area contributed by atoms with Crippen molar-refractivity contribution in [2.24, 2.45) is 5.10 Å². The Kier molecular flexibility index (Phi) is 7.29. The number of nitrogens with one attached hydrogen (secondary N) is 2. The quantitative estimate of drug-likeness (QED) is 0.381. The van der Waals surface area contributed by atoms with Gasteiger partial charge in [0.25, 0.3) is 0 Å². The summed E-state index contributed by atoms with van der Waals surface area (Å²) in [4.78, 5) is 23.7. The average molecular weight is 431 g/mol. The second-order valence-corrected chi connectivity index (χ2v) is 6.23. The van der Waals surface area contributed by atoms with Gasteiger partial charge in [-0.15, -0.1) is 0 Å². The first kappa shape index (κ1) is 20.8. The lowest BCUT2D eigenvalue weighted by atomic mass is 10.2. The van der Waals surface area contributed by atoms with Crippen molar-refractivity contribution >= 4 is 58.5 Å². The van der Waals surface area contributed by atoms with Crippen LogP contribution in [0.2, 0.25) is 15.1 Å². The molecular formula is C17H14Cl3N3O4. The van der Waals surface area contributed by atoms with Crippen molar-refractivity contribution < 1.29 is 19.4 Å².